The van der Waals surface area contributed by atoms with Crippen molar-refractivity contribution in [3.05, 3.63) is 89.5 Å². The summed E-state index contributed by atoms with van der Waals surface area (Å²) < 4.78 is 37.6. The van der Waals surface area contributed by atoms with Crippen LogP contribution in [0.15, 0.2) is 72.8 Å². The Labute approximate surface area is 254 Å². The standard InChI is InChI=1S/C33H41N3O6S/c1-24(2)21-34-33(38)29(19-26-12-6-5-7-13-26)35(22-27-14-9-8-11-25(27)3)32(37)15-10-18-36(43(4,39)40)28-16-17-30-31(20-28)42-23-41-30/h5-9,11-14,16-17,20,24,29H,10,15,18-19,21-23H2,1-4H3,(H,34,38)/t29-/m1/s1. The first-order chi connectivity index (χ1) is 20.5. The first-order valence-electron chi connectivity index (χ1n) is 14.6. The van der Waals surface area contributed by atoms with Gasteiger partial charge in [-0.25, -0.2) is 8.42 Å². The Morgan fingerprint density at radius 3 is 2.35 bits per heavy atom. The summed E-state index contributed by atoms with van der Waals surface area (Å²) in [6.45, 7) is 6.96. The highest BCUT2D eigenvalue weighted by molar-refractivity contribution is 7.92. The zero-order chi connectivity index (χ0) is 31.0. The van der Waals surface area contributed by atoms with Crippen molar-refractivity contribution >= 4 is 27.5 Å². The number of hydrogen-bond acceptors (Lipinski definition) is 6. The monoisotopic (exact) mass is 607 g/mol. The van der Waals surface area contributed by atoms with Crippen molar-refractivity contribution in [1.82, 2.24) is 10.2 Å². The van der Waals surface area contributed by atoms with E-state index in [1.54, 1.807) is 23.1 Å². The van der Waals surface area contributed by atoms with Crippen molar-refractivity contribution in [2.24, 2.45) is 5.92 Å². The number of amides is 2. The predicted molar refractivity (Wildman–Crippen MR) is 167 cm³/mol. The molecule has 0 bridgehead atoms. The lowest BCUT2D eigenvalue weighted by Gasteiger charge is -2.32. The van der Waals surface area contributed by atoms with Crippen LogP contribution in [0.2, 0.25) is 0 Å². The highest BCUT2D eigenvalue weighted by Crippen LogP contribution is 2.36. The van der Waals surface area contributed by atoms with Gasteiger partial charge in [-0.05, 0) is 48.1 Å². The van der Waals surface area contributed by atoms with Crippen LogP contribution in [0.1, 0.15) is 43.4 Å². The van der Waals surface area contributed by atoms with Gasteiger partial charge in [0.15, 0.2) is 11.5 Å². The third kappa shape index (κ3) is 8.73. The summed E-state index contributed by atoms with van der Waals surface area (Å²) in [5.74, 6) is 0.850. The lowest BCUT2D eigenvalue weighted by molar-refractivity contribution is -0.141. The largest absolute Gasteiger partial charge is 0.454 e. The molecule has 1 aliphatic rings. The van der Waals surface area contributed by atoms with Crippen molar-refractivity contribution in [3.63, 3.8) is 0 Å². The molecule has 10 heteroatoms. The molecule has 0 unspecified atom stereocenters. The Morgan fingerprint density at radius 2 is 1.65 bits per heavy atom. The number of carbonyl (C=O) groups excluding carboxylic acids is 2. The summed E-state index contributed by atoms with van der Waals surface area (Å²) in [5.41, 5.74) is 3.35. The number of benzene rings is 3. The first-order valence-corrected chi connectivity index (χ1v) is 16.4. The Morgan fingerprint density at radius 1 is 0.953 bits per heavy atom. The molecule has 230 valence electrons. The van der Waals surface area contributed by atoms with Crippen LogP contribution in [-0.4, -0.2) is 57.3 Å². The van der Waals surface area contributed by atoms with E-state index in [0.29, 0.717) is 30.2 Å². The highest BCUT2D eigenvalue weighted by atomic mass is 32.2. The first kappa shape index (κ1) is 31.9. The van der Waals surface area contributed by atoms with Crippen molar-refractivity contribution in [2.75, 3.05) is 30.4 Å². The summed E-state index contributed by atoms with van der Waals surface area (Å²) in [6.07, 6.45) is 1.81. The van der Waals surface area contributed by atoms with Gasteiger partial charge in [-0.1, -0.05) is 68.4 Å². The zero-order valence-corrected chi connectivity index (χ0v) is 26.1. The van der Waals surface area contributed by atoms with Gasteiger partial charge in [0.25, 0.3) is 0 Å². The summed E-state index contributed by atoms with van der Waals surface area (Å²) in [5, 5.41) is 3.03. The molecule has 0 saturated carbocycles. The molecule has 4 rings (SSSR count). The van der Waals surface area contributed by atoms with Gasteiger partial charge >= 0.3 is 0 Å². The van der Waals surface area contributed by atoms with E-state index in [0.717, 1.165) is 22.9 Å². The van der Waals surface area contributed by atoms with E-state index < -0.39 is 16.1 Å². The number of hydrogen-bond donors (Lipinski definition) is 1. The molecule has 0 saturated heterocycles. The number of rotatable bonds is 14. The molecule has 0 aromatic heterocycles. The van der Waals surface area contributed by atoms with Gasteiger partial charge in [0.1, 0.15) is 6.04 Å². The average Bonchev–Trinajstić information content (AvgIpc) is 3.44. The maximum atomic E-state index is 14.0. The quantitative estimate of drug-likeness (QED) is 0.285. The molecular formula is C33H41N3O6S. The highest BCUT2D eigenvalue weighted by Gasteiger charge is 2.31. The number of carbonyl (C=O) groups is 2. The molecule has 3 aromatic carbocycles. The van der Waals surface area contributed by atoms with Crippen LogP contribution in [-0.2, 0) is 32.6 Å². The molecule has 43 heavy (non-hydrogen) atoms. The van der Waals surface area contributed by atoms with E-state index >= 15 is 0 Å². The number of nitrogens with one attached hydrogen (secondary N) is 1. The number of ether oxygens (including phenoxy) is 2. The minimum Gasteiger partial charge on any atom is -0.454 e. The van der Waals surface area contributed by atoms with Crippen molar-refractivity contribution in [3.8, 4) is 11.5 Å². The van der Waals surface area contributed by atoms with Crippen LogP contribution in [0, 0.1) is 12.8 Å². The van der Waals surface area contributed by atoms with Crippen LogP contribution in [0.3, 0.4) is 0 Å². The van der Waals surface area contributed by atoms with Crippen molar-refractivity contribution < 1.29 is 27.5 Å². The maximum Gasteiger partial charge on any atom is 0.243 e. The molecular weight excluding hydrogens is 566 g/mol. The zero-order valence-electron chi connectivity index (χ0n) is 25.3. The average molecular weight is 608 g/mol. The van der Waals surface area contributed by atoms with Crippen LogP contribution in [0.5, 0.6) is 11.5 Å². The second kappa shape index (κ2) is 14.4. The van der Waals surface area contributed by atoms with Gasteiger partial charge in [-0.2, -0.15) is 0 Å². The van der Waals surface area contributed by atoms with Gasteiger partial charge in [0, 0.05) is 38.5 Å². The van der Waals surface area contributed by atoms with Gasteiger partial charge in [-0.3, -0.25) is 13.9 Å². The Balaban J connectivity index is 1.58. The number of aryl methyl sites for hydroxylation is 1. The summed E-state index contributed by atoms with van der Waals surface area (Å²) in [7, 11) is -3.65. The molecule has 1 atom stereocenters. The maximum absolute atomic E-state index is 14.0. The lowest BCUT2D eigenvalue weighted by Crippen LogP contribution is -2.51. The molecule has 1 N–H and O–H groups in total. The third-order valence-electron chi connectivity index (χ3n) is 7.35. The topological polar surface area (TPSA) is 105 Å². The number of fused-ring (bicyclic) bond motifs is 1. The molecule has 0 aliphatic carbocycles. The molecule has 3 aromatic rings. The van der Waals surface area contributed by atoms with E-state index in [-0.39, 0.29) is 50.5 Å². The molecule has 0 radical (unpaired) electrons. The molecule has 1 aliphatic heterocycles. The van der Waals surface area contributed by atoms with Gasteiger partial charge < -0.3 is 19.7 Å². The second-order valence-electron chi connectivity index (χ2n) is 11.3. The third-order valence-corrected chi connectivity index (χ3v) is 8.55. The van der Waals surface area contributed by atoms with Crippen molar-refractivity contribution in [1.29, 1.82) is 0 Å². The second-order valence-corrected chi connectivity index (χ2v) is 13.2. The molecule has 0 spiro atoms. The van der Waals surface area contributed by atoms with E-state index in [4.69, 9.17) is 9.47 Å². The SMILES string of the molecule is Cc1ccccc1CN(C(=O)CCCN(c1ccc2c(c1)OCO2)S(C)(=O)=O)[C@H](Cc1ccccc1)C(=O)NCC(C)C. The Bertz CT molecular complexity index is 1510. The van der Waals surface area contributed by atoms with Crippen LogP contribution in [0.4, 0.5) is 5.69 Å². The lowest BCUT2D eigenvalue weighted by atomic mass is 10.0. The number of sulfonamides is 1. The van der Waals surface area contributed by atoms with E-state index in [2.05, 4.69) is 5.32 Å². The van der Waals surface area contributed by atoms with Gasteiger partial charge in [0.05, 0.1) is 11.9 Å². The van der Waals surface area contributed by atoms with Crippen molar-refractivity contribution in [2.45, 2.75) is 52.6 Å². The number of anilines is 1. The summed E-state index contributed by atoms with van der Waals surface area (Å²) >= 11 is 0. The van der Waals surface area contributed by atoms with Gasteiger partial charge in [-0.15, -0.1) is 0 Å². The van der Waals surface area contributed by atoms with Crippen LogP contribution >= 0.6 is 0 Å². The fourth-order valence-electron chi connectivity index (χ4n) is 4.99. The van der Waals surface area contributed by atoms with Crippen LogP contribution < -0.4 is 19.1 Å². The molecule has 2 amide bonds. The van der Waals surface area contributed by atoms with E-state index in [1.165, 1.54) is 4.31 Å². The minimum atomic E-state index is -3.65. The van der Waals surface area contributed by atoms with E-state index in [9.17, 15) is 18.0 Å². The Hall–Kier alpha value is -4.05. The summed E-state index contributed by atoms with van der Waals surface area (Å²) in [6, 6.07) is 21.7. The number of nitrogens with zero attached hydrogens (tertiary/aromatic N) is 2. The molecule has 9 nitrogen and oxygen atoms in total. The smallest absolute Gasteiger partial charge is 0.243 e. The summed E-state index contributed by atoms with van der Waals surface area (Å²) in [4.78, 5) is 29.3. The minimum absolute atomic E-state index is 0.0607. The fraction of sp³-hybridized carbons (Fsp3) is 0.394. The van der Waals surface area contributed by atoms with Crippen LogP contribution in [0.25, 0.3) is 0 Å². The molecule has 1 heterocycles. The van der Waals surface area contributed by atoms with E-state index in [1.807, 2.05) is 75.4 Å². The van der Waals surface area contributed by atoms with Gasteiger partial charge in [0.2, 0.25) is 28.6 Å². The predicted octanol–water partition coefficient (Wildman–Crippen LogP) is 4.68. The Kier molecular flexibility index (Phi) is 10.7. The normalized spacial score (nSPS) is 13.0. The fourth-order valence-corrected chi connectivity index (χ4v) is 5.95. The molecule has 0 fully saturated rings.